The Morgan fingerprint density at radius 2 is 1.00 bits per heavy atom. The number of anilines is 2. The number of nitrogens with zero attached hydrogens (tertiary/aromatic N) is 1. The molecule has 2 atom stereocenters. The average Bonchev–Trinajstić information content (AvgIpc) is 3.79. The monoisotopic (exact) mass is 685 g/mol. The van der Waals surface area contributed by atoms with Gasteiger partial charge in [-0.1, -0.05) is 181 Å². The molecule has 1 aliphatic heterocycles. The predicted octanol–water partition coefficient (Wildman–Crippen LogP) is 13.7. The second-order valence-electron chi connectivity index (χ2n) is 14.7. The Hall–Kier alpha value is -5.92. The van der Waals surface area contributed by atoms with Crippen molar-refractivity contribution < 1.29 is 0 Å². The molecular weight excluding hydrogens is 639 g/mol. The van der Waals surface area contributed by atoms with Crippen molar-refractivity contribution in [2.45, 2.75) is 52.0 Å². The molecule has 0 radical (unpaired) electrons. The van der Waals surface area contributed by atoms with Crippen LogP contribution >= 0.6 is 0 Å². The van der Waals surface area contributed by atoms with Crippen LogP contribution in [0.4, 0.5) is 11.4 Å². The summed E-state index contributed by atoms with van der Waals surface area (Å²) in [6.45, 7) is 6.42. The quantitative estimate of drug-likeness (QED) is 0.137. The third-order valence-corrected chi connectivity index (χ3v) is 11.0. The maximum atomic E-state index is 2.62. The van der Waals surface area contributed by atoms with Crippen LogP contribution in [-0.2, 0) is 0 Å². The van der Waals surface area contributed by atoms with Crippen molar-refractivity contribution >= 4 is 34.7 Å². The van der Waals surface area contributed by atoms with E-state index in [1.54, 1.807) is 0 Å². The lowest BCUT2D eigenvalue weighted by molar-refractivity contribution is 0.642. The minimum Gasteiger partial charge on any atom is -0.338 e. The summed E-state index contributed by atoms with van der Waals surface area (Å²) in [7, 11) is 0. The Morgan fingerprint density at radius 1 is 0.509 bits per heavy atom. The molecule has 2 unspecified atom stereocenters. The highest BCUT2D eigenvalue weighted by atomic mass is 15.2. The van der Waals surface area contributed by atoms with E-state index in [1.165, 1.54) is 97.4 Å². The molecule has 0 amide bonds. The zero-order valence-electron chi connectivity index (χ0n) is 31.0. The lowest BCUT2D eigenvalue weighted by atomic mass is 9.95. The predicted molar refractivity (Wildman–Crippen MR) is 228 cm³/mol. The number of allylic oxidation sites excluding steroid dienone is 4. The zero-order valence-corrected chi connectivity index (χ0v) is 31.0. The number of fused-ring (bicyclic) bond motifs is 3. The van der Waals surface area contributed by atoms with Crippen LogP contribution in [0.5, 0.6) is 0 Å². The van der Waals surface area contributed by atoms with E-state index in [0.29, 0.717) is 12.0 Å². The lowest BCUT2D eigenvalue weighted by Crippen LogP contribution is -2.26. The second-order valence-corrected chi connectivity index (χ2v) is 14.7. The number of hydrogen-bond acceptors (Lipinski definition) is 1. The first-order chi connectivity index (χ1) is 26.0. The van der Waals surface area contributed by atoms with E-state index >= 15 is 0 Å². The third kappa shape index (κ3) is 7.52. The van der Waals surface area contributed by atoms with Crippen molar-refractivity contribution in [3.63, 3.8) is 0 Å². The summed E-state index contributed by atoms with van der Waals surface area (Å²) in [5.74, 6) is 0.577. The Labute approximate surface area is 316 Å². The minimum atomic E-state index is 0.520. The van der Waals surface area contributed by atoms with E-state index < -0.39 is 0 Å². The normalized spacial score (nSPS) is 16.7. The highest BCUT2D eigenvalue weighted by Crippen LogP contribution is 2.52. The molecule has 1 saturated carbocycles. The van der Waals surface area contributed by atoms with E-state index in [2.05, 4.69) is 208 Å². The van der Waals surface area contributed by atoms with Crippen molar-refractivity contribution in [3.05, 3.63) is 226 Å². The molecule has 1 fully saturated rings. The van der Waals surface area contributed by atoms with Gasteiger partial charge in [0.1, 0.15) is 0 Å². The first kappa shape index (κ1) is 34.2. The van der Waals surface area contributed by atoms with Crippen molar-refractivity contribution in [1.82, 2.24) is 0 Å². The fourth-order valence-electron chi connectivity index (χ4n) is 8.11. The van der Waals surface area contributed by atoms with Crippen molar-refractivity contribution in [3.8, 4) is 0 Å². The largest absolute Gasteiger partial charge is 0.338 e. The molecule has 1 aliphatic carbocycles. The molecule has 1 heterocycles. The molecular formula is C52H47N. The first-order valence-electron chi connectivity index (χ1n) is 19.1. The van der Waals surface area contributed by atoms with Gasteiger partial charge in [-0.25, -0.2) is 0 Å². The maximum Gasteiger partial charge on any atom is 0.0450 e. The highest BCUT2D eigenvalue weighted by Gasteiger charge is 2.42. The van der Waals surface area contributed by atoms with Crippen LogP contribution in [0.25, 0.3) is 23.3 Å². The second kappa shape index (κ2) is 15.4. The Bertz CT molecular complexity index is 2250. The van der Waals surface area contributed by atoms with Crippen LogP contribution in [0.1, 0.15) is 80.8 Å². The summed E-state index contributed by atoms with van der Waals surface area (Å²) < 4.78 is 0. The molecule has 0 N–H and O–H groups in total. The van der Waals surface area contributed by atoms with Crippen LogP contribution in [0.3, 0.4) is 0 Å². The lowest BCUT2D eigenvalue weighted by Gasteiger charge is -2.27. The Balaban J connectivity index is 1.03. The van der Waals surface area contributed by atoms with Gasteiger partial charge in [0.15, 0.2) is 0 Å². The van der Waals surface area contributed by atoms with Gasteiger partial charge in [0.25, 0.3) is 0 Å². The van der Waals surface area contributed by atoms with Crippen LogP contribution in [0, 0.1) is 20.8 Å². The maximum absolute atomic E-state index is 2.62. The van der Waals surface area contributed by atoms with Crippen LogP contribution in [0.2, 0.25) is 0 Å². The van der Waals surface area contributed by atoms with Crippen molar-refractivity contribution in [2.24, 2.45) is 0 Å². The zero-order chi connectivity index (χ0) is 36.1. The van der Waals surface area contributed by atoms with E-state index in [0.717, 1.165) is 0 Å². The summed E-state index contributed by atoms with van der Waals surface area (Å²) in [5.41, 5.74) is 17.8. The minimum absolute atomic E-state index is 0.520. The van der Waals surface area contributed by atoms with E-state index in [-0.39, 0.29) is 0 Å². The molecule has 260 valence electrons. The van der Waals surface area contributed by atoms with Crippen LogP contribution < -0.4 is 4.90 Å². The number of benzene rings is 6. The molecule has 6 aromatic carbocycles. The van der Waals surface area contributed by atoms with E-state index in [1.807, 2.05) is 0 Å². The molecule has 1 heteroatoms. The fourth-order valence-corrected chi connectivity index (χ4v) is 8.11. The smallest absolute Gasteiger partial charge is 0.0450 e. The highest BCUT2D eigenvalue weighted by molar-refractivity contribution is 5.83. The molecule has 2 aliphatic rings. The van der Waals surface area contributed by atoms with Crippen LogP contribution in [-0.4, -0.2) is 6.04 Å². The van der Waals surface area contributed by atoms with Gasteiger partial charge in [0, 0.05) is 23.3 Å². The first-order valence-corrected chi connectivity index (χ1v) is 19.1. The molecule has 0 spiro atoms. The topological polar surface area (TPSA) is 3.24 Å². The van der Waals surface area contributed by atoms with Gasteiger partial charge in [-0.05, 0) is 108 Å². The SMILES string of the molecule is Cc1ccc(C(=C/C=C/c2ccc(N3c4ccc(/C=C/C=C(\c5ccccc5)c5ccc(C)cc5)cc4C4CCCC43)cc2)c2ccc(C)cc2)cc1. The van der Waals surface area contributed by atoms with E-state index in [4.69, 9.17) is 0 Å². The van der Waals surface area contributed by atoms with Gasteiger partial charge in [-0.2, -0.15) is 0 Å². The Morgan fingerprint density at radius 3 is 1.55 bits per heavy atom. The van der Waals surface area contributed by atoms with Gasteiger partial charge in [-0.3, -0.25) is 0 Å². The Kier molecular flexibility index (Phi) is 9.91. The van der Waals surface area contributed by atoms with Gasteiger partial charge in [-0.15, -0.1) is 0 Å². The van der Waals surface area contributed by atoms with Crippen molar-refractivity contribution in [2.75, 3.05) is 4.90 Å². The fraction of sp³-hybridized carbons (Fsp3) is 0.154. The molecule has 53 heavy (non-hydrogen) atoms. The number of hydrogen-bond donors (Lipinski definition) is 0. The summed E-state index contributed by atoms with van der Waals surface area (Å²) in [6.07, 6.45) is 17.2. The molecule has 0 bridgehead atoms. The molecule has 1 nitrogen and oxygen atoms in total. The molecule has 6 aromatic rings. The summed E-state index contributed by atoms with van der Waals surface area (Å²) in [4.78, 5) is 2.62. The van der Waals surface area contributed by atoms with Gasteiger partial charge in [0.05, 0.1) is 0 Å². The molecule has 8 rings (SSSR count). The number of rotatable bonds is 9. The average molecular weight is 686 g/mol. The van der Waals surface area contributed by atoms with Gasteiger partial charge < -0.3 is 4.90 Å². The standard InChI is InChI=1S/C52H47N/c1-37-18-27-43(28-19-37)47(42-12-5-4-6-13-42)15-8-11-41-26-35-52-50(36-41)49-16-9-17-51(49)53(52)46-33-24-40(25-34-46)10-7-14-48(44-29-20-38(2)21-30-44)45-31-22-39(3)23-32-45/h4-8,10-15,18-36,49,51H,9,16-17H2,1-3H3/b10-7+,11-8+,47-15+. The van der Waals surface area contributed by atoms with Gasteiger partial charge >= 0.3 is 0 Å². The summed E-state index contributed by atoms with van der Waals surface area (Å²) in [6, 6.07) is 53.9. The third-order valence-electron chi connectivity index (χ3n) is 11.0. The molecule has 0 aromatic heterocycles. The van der Waals surface area contributed by atoms with Gasteiger partial charge in [0.2, 0.25) is 0 Å². The number of aryl methyl sites for hydroxylation is 3. The summed E-state index contributed by atoms with van der Waals surface area (Å²) in [5, 5.41) is 0. The van der Waals surface area contributed by atoms with Crippen LogP contribution in [0.15, 0.2) is 170 Å². The van der Waals surface area contributed by atoms with E-state index in [9.17, 15) is 0 Å². The molecule has 0 saturated heterocycles. The summed E-state index contributed by atoms with van der Waals surface area (Å²) >= 11 is 0. The van der Waals surface area contributed by atoms with Crippen molar-refractivity contribution in [1.29, 1.82) is 0 Å².